The fraction of sp³-hybridized carbons (Fsp3) is 0.333. The third-order valence-corrected chi connectivity index (χ3v) is 7.24. The number of carboxylic acids is 1. The summed E-state index contributed by atoms with van der Waals surface area (Å²) >= 11 is 1.30. The number of hydrogen-bond acceptors (Lipinski definition) is 5. The van der Waals surface area contributed by atoms with E-state index >= 15 is 0 Å². The number of rotatable bonds is 2. The number of benzene rings is 1. The summed E-state index contributed by atoms with van der Waals surface area (Å²) in [5.74, 6) is -0.183. The van der Waals surface area contributed by atoms with Crippen molar-refractivity contribution in [1.29, 1.82) is 0 Å². The number of carbonyl (C=O) groups is 1. The second-order valence-corrected chi connectivity index (χ2v) is 8.66. The van der Waals surface area contributed by atoms with E-state index in [9.17, 15) is 14.7 Å². The minimum atomic E-state index is -1.18. The Labute approximate surface area is 165 Å². The van der Waals surface area contributed by atoms with Crippen LogP contribution in [0.3, 0.4) is 0 Å². The van der Waals surface area contributed by atoms with Gasteiger partial charge in [0, 0.05) is 41.3 Å². The van der Waals surface area contributed by atoms with Crippen molar-refractivity contribution in [3.05, 3.63) is 57.2 Å². The fourth-order valence-electron chi connectivity index (χ4n) is 4.74. The minimum Gasteiger partial charge on any atom is -0.477 e. The zero-order valence-electron chi connectivity index (χ0n) is 15.5. The van der Waals surface area contributed by atoms with E-state index in [-0.39, 0.29) is 11.6 Å². The largest absolute Gasteiger partial charge is 0.477 e. The van der Waals surface area contributed by atoms with Crippen LogP contribution in [0.5, 0.6) is 0 Å². The van der Waals surface area contributed by atoms with Crippen molar-refractivity contribution in [3.8, 4) is 0 Å². The molecule has 1 fully saturated rings. The monoisotopic (exact) mass is 395 g/mol. The number of fused-ring (bicyclic) bond motifs is 4. The maximum Gasteiger partial charge on any atom is 0.342 e. The molecule has 3 atom stereocenters. The van der Waals surface area contributed by atoms with Gasteiger partial charge in [-0.2, -0.15) is 0 Å². The van der Waals surface area contributed by atoms with Gasteiger partial charge in [0.25, 0.3) is 0 Å². The number of allylic oxidation sites excluding steroid dienone is 1. The van der Waals surface area contributed by atoms with Crippen LogP contribution in [0, 0.1) is 18.8 Å². The molecule has 0 bridgehead atoms. The summed E-state index contributed by atoms with van der Waals surface area (Å²) in [6.45, 7) is 3.78. The van der Waals surface area contributed by atoms with Crippen molar-refractivity contribution in [2.75, 3.05) is 18.0 Å². The van der Waals surface area contributed by atoms with Crippen molar-refractivity contribution in [3.63, 3.8) is 0 Å². The van der Waals surface area contributed by atoms with Gasteiger partial charge in [0.2, 0.25) is 5.43 Å². The van der Waals surface area contributed by atoms with Crippen LogP contribution in [-0.2, 0) is 0 Å². The van der Waals surface area contributed by atoms with Crippen LogP contribution in [0.1, 0.15) is 22.5 Å². The first kappa shape index (κ1) is 17.5. The maximum atomic E-state index is 12.8. The number of carboxylic acid groups (broad SMARTS) is 1. The van der Waals surface area contributed by atoms with Crippen LogP contribution < -0.4 is 16.1 Å². The van der Waals surface area contributed by atoms with Gasteiger partial charge in [-0.3, -0.25) is 4.79 Å². The molecule has 2 aromatic heterocycles. The number of pyridine rings is 1. The van der Waals surface area contributed by atoms with Crippen LogP contribution in [0.4, 0.5) is 5.69 Å². The van der Waals surface area contributed by atoms with Gasteiger partial charge in [-0.1, -0.05) is 12.2 Å². The highest BCUT2D eigenvalue weighted by Crippen LogP contribution is 2.36. The van der Waals surface area contributed by atoms with E-state index < -0.39 is 11.4 Å². The molecule has 5 rings (SSSR count). The quantitative estimate of drug-likeness (QED) is 0.652. The van der Waals surface area contributed by atoms with Crippen LogP contribution in [0.15, 0.2) is 40.5 Å². The molecule has 1 aromatic carbocycles. The van der Waals surface area contributed by atoms with Crippen LogP contribution in [0.2, 0.25) is 0 Å². The third-order valence-electron chi connectivity index (χ3n) is 6.17. The van der Waals surface area contributed by atoms with Gasteiger partial charge in [-0.15, -0.1) is 11.3 Å². The Morgan fingerprint density at radius 1 is 1.32 bits per heavy atom. The summed E-state index contributed by atoms with van der Waals surface area (Å²) in [6, 6.07) is 5.81. The molecule has 2 aliphatic rings. The summed E-state index contributed by atoms with van der Waals surface area (Å²) in [5.41, 5.74) is 8.45. The van der Waals surface area contributed by atoms with E-state index in [2.05, 4.69) is 17.1 Å². The maximum absolute atomic E-state index is 12.8. The highest BCUT2D eigenvalue weighted by atomic mass is 32.1. The van der Waals surface area contributed by atoms with E-state index in [1.807, 2.05) is 28.8 Å². The number of aromatic nitrogens is 1. The lowest BCUT2D eigenvalue weighted by Gasteiger charge is -2.25. The zero-order chi connectivity index (χ0) is 19.6. The van der Waals surface area contributed by atoms with Crippen molar-refractivity contribution in [1.82, 2.24) is 4.40 Å². The average molecular weight is 395 g/mol. The van der Waals surface area contributed by atoms with Gasteiger partial charge in [0.05, 0.1) is 5.52 Å². The number of aromatic carboxylic acids is 1. The van der Waals surface area contributed by atoms with Gasteiger partial charge >= 0.3 is 5.97 Å². The molecule has 1 saturated heterocycles. The fourth-order valence-corrected chi connectivity index (χ4v) is 5.77. The number of nitrogens with two attached hydrogens (primary N) is 1. The molecule has 3 heterocycles. The summed E-state index contributed by atoms with van der Waals surface area (Å²) < 4.78 is 1.89. The SMILES string of the molecule is Cc1csc2c(C(=O)O)c(=O)c3ccc(N4CC5CC=CC(N)C5C4)cc3n12. The first-order chi connectivity index (χ1) is 13.5. The molecule has 1 aliphatic carbocycles. The molecule has 7 heteroatoms. The highest BCUT2D eigenvalue weighted by Gasteiger charge is 2.37. The van der Waals surface area contributed by atoms with Gasteiger partial charge in [0.1, 0.15) is 10.4 Å². The first-order valence-corrected chi connectivity index (χ1v) is 10.3. The van der Waals surface area contributed by atoms with Crippen LogP contribution in [-0.4, -0.2) is 34.6 Å². The molecule has 0 amide bonds. The molecule has 0 spiro atoms. The average Bonchev–Trinajstić information content (AvgIpc) is 3.26. The third kappa shape index (κ3) is 2.43. The Bertz CT molecular complexity index is 1210. The molecule has 0 radical (unpaired) electrons. The number of nitrogens with zero attached hydrogens (tertiary/aromatic N) is 2. The Hall–Kier alpha value is -2.64. The van der Waals surface area contributed by atoms with Crippen molar-refractivity contribution >= 4 is 38.7 Å². The molecule has 3 aromatic rings. The van der Waals surface area contributed by atoms with Crippen molar-refractivity contribution in [2.24, 2.45) is 17.6 Å². The van der Waals surface area contributed by atoms with Crippen molar-refractivity contribution < 1.29 is 9.90 Å². The van der Waals surface area contributed by atoms with E-state index in [0.29, 0.717) is 22.1 Å². The Kier molecular flexibility index (Phi) is 3.86. The van der Waals surface area contributed by atoms with Gasteiger partial charge in [-0.25, -0.2) is 4.79 Å². The summed E-state index contributed by atoms with van der Waals surface area (Å²) in [4.78, 5) is 27.4. The van der Waals surface area contributed by atoms with Crippen LogP contribution in [0.25, 0.3) is 15.7 Å². The Morgan fingerprint density at radius 2 is 2.14 bits per heavy atom. The molecule has 0 saturated carbocycles. The molecular formula is C21H21N3O3S. The molecular weight excluding hydrogens is 374 g/mol. The molecule has 1 aliphatic heterocycles. The lowest BCUT2D eigenvalue weighted by molar-refractivity contribution is 0.0697. The molecule has 3 N–H and O–H groups in total. The van der Waals surface area contributed by atoms with E-state index in [1.165, 1.54) is 11.3 Å². The molecule has 3 unspecified atom stereocenters. The highest BCUT2D eigenvalue weighted by molar-refractivity contribution is 7.16. The Balaban J connectivity index is 1.67. The zero-order valence-corrected chi connectivity index (χ0v) is 16.3. The standard InChI is InChI=1S/C21H21N3O3S/c1-11-10-28-20-18(21(26)27)19(25)14-6-5-13(7-17(14)24(11)20)23-8-12-3-2-4-16(22)15(12)9-23/h2,4-7,10,12,15-16H,3,8-9,22H2,1H3,(H,26,27). The lowest BCUT2D eigenvalue weighted by Crippen LogP contribution is -2.35. The molecule has 6 nitrogen and oxygen atoms in total. The molecule has 144 valence electrons. The topological polar surface area (TPSA) is 88.0 Å². The normalized spacial score (nSPS) is 24.2. The summed E-state index contributed by atoms with van der Waals surface area (Å²) in [7, 11) is 0. The second-order valence-electron chi connectivity index (χ2n) is 7.80. The molecule has 28 heavy (non-hydrogen) atoms. The number of thiazole rings is 1. The lowest BCUT2D eigenvalue weighted by atomic mass is 9.83. The number of anilines is 1. The van der Waals surface area contributed by atoms with Gasteiger partial charge in [-0.05, 0) is 43.4 Å². The second kappa shape index (κ2) is 6.18. The summed E-state index contributed by atoms with van der Waals surface area (Å²) in [6.07, 6.45) is 5.34. The van der Waals surface area contributed by atoms with E-state index in [1.54, 1.807) is 6.07 Å². The van der Waals surface area contributed by atoms with Gasteiger partial charge in [0.15, 0.2) is 0 Å². The minimum absolute atomic E-state index is 0.0933. The Morgan fingerprint density at radius 3 is 2.89 bits per heavy atom. The smallest absolute Gasteiger partial charge is 0.342 e. The predicted octanol–water partition coefficient (Wildman–Crippen LogP) is 2.86. The van der Waals surface area contributed by atoms with E-state index in [0.717, 1.165) is 36.4 Å². The van der Waals surface area contributed by atoms with Gasteiger partial charge < -0.3 is 20.1 Å². The predicted molar refractivity (Wildman–Crippen MR) is 112 cm³/mol. The van der Waals surface area contributed by atoms with Crippen LogP contribution >= 0.6 is 11.3 Å². The van der Waals surface area contributed by atoms with E-state index in [4.69, 9.17) is 5.73 Å². The van der Waals surface area contributed by atoms with Crippen molar-refractivity contribution in [2.45, 2.75) is 19.4 Å². The summed E-state index contributed by atoms with van der Waals surface area (Å²) in [5, 5.41) is 11.9. The first-order valence-electron chi connectivity index (χ1n) is 9.42. The number of hydrogen-bond donors (Lipinski definition) is 2. The number of aryl methyl sites for hydroxylation is 1.